The Morgan fingerprint density at radius 1 is 1.19 bits per heavy atom. The topological polar surface area (TPSA) is 72.2 Å². The molecule has 5 heteroatoms. The monoisotopic (exact) mass is 302 g/mol. The van der Waals surface area contributed by atoms with Crippen molar-refractivity contribution in [2.24, 2.45) is 5.73 Å². The molecule has 0 saturated heterocycles. The summed E-state index contributed by atoms with van der Waals surface area (Å²) in [7, 11) is -1.34. The molecule has 0 aliphatic heterocycles. The van der Waals surface area contributed by atoms with E-state index in [-0.39, 0.29) is 11.7 Å². The summed E-state index contributed by atoms with van der Waals surface area (Å²) in [5, 5.41) is 2.74. The first kappa shape index (κ1) is 15.4. The number of benzene rings is 2. The number of nitrogens with two attached hydrogens (primary N) is 1. The number of carbonyl (C=O) groups excluding carboxylic acids is 1. The first-order chi connectivity index (χ1) is 10.1. The van der Waals surface area contributed by atoms with Crippen molar-refractivity contribution < 1.29 is 9.00 Å². The van der Waals surface area contributed by atoms with Crippen LogP contribution in [0.5, 0.6) is 0 Å². The van der Waals surface area contributed by atoms with Gasteiger partial charge in [-0.1, -0.05) is 24.3 Å². The van der Waals surface area contributed by atoms with E-state index in [4.69, 9.17) is 5.73 Å². The third kappa shape index (κ3) is 4.51. The van der Waals surface area contributed by atoms with Crippen LogP contribution in [0.4, 0.5) is 5.69 Å². The van der Waals surface area contributed by atoms with Gasteiger partial charge in [-0.15, -0.1) is 0 Å². The van der Waals surface area contributed by atoms with E-state index in [1.807, 2.05) is 43.3 Å². The molecule has 4 nitrogen and oxygen atoms in total. The summed E-state index contributed by atoms with van der Waals surface area (Å²) in [5.41, 5.74) is 8.19. The summed E-state index contributed by atoms with van der Waals surface area (Å²) in [5.74, 6) is -0.333. The average molecular weight is 302 g/mol. The molecule has 0 bridgehead atoms. The van der Waals surface area contributed by atoms with Crippen LogP contribution in [0.3, 0.4) is 0 Å². The fourth-order valence-electron chi connectivity index (χ4n) is 1.93. The molecular formula is C16H18N2O2S. The molecule has 0 spiro atoms. The Morgan fingerprint density at radius 3 is 2.67 bits per heavy atom. The maximum atomic E-state index is 12.2. The van der Waals surface area contributed by atoms with Crippen LogP contribution in [0.15, 0.2) is 53.4 Å². The summed E-state index contributed by atoms with van der Waals surface area (Å²) >= 11 is 0. The van der Waals surface area contributed by atoms with E-state index in [9.17, 15) is 9.00 Å². The summed E-state index contributed by atoms with van der Waals surface area (Å²) in [6.07, 6.45) is 0. The molecule has 1 amide bonds. The number of hydrogen-bond acceptors (Lipinski definition) is 3. The van der Waals surface area contributed by atoms with E-state index in [1.165, 1.54) is 0 Å². The second-order valence-corrected chi connectivity index (χ2v) is 6.21. The van der Waals surface area contributed by atoms with E-state index >= 15 is 0 Å². The molecule has 0 saturated carbocycles. The third-order valence-electron chi connectivity index (χ3n) is 2.96. The van der Waals surface area contributed by atoms with Gasteiger partial charge in [0.2, 0.25) is 5.91 Å². The molecule has 0 fully saturated rings. The fourth-order valence-corrected chi connectivity index (χ4v) is 2.96. The summed E-state index contributed by atoms with van der Waals surface area (Å²) in [6.45, 7) is 2.35. The number of rotatable bonds is 5. The van der Waals surface area contributed by atoms with Crippen molar-refractivity contribution in [3.8, 4) is 0 Å². The van der Waals surface area contributed by atoms with Crippen LogP contribution >= 0.6 is 0 Å². The van der Waals surface area contributed by atoms with Gasteiger partial charge in [-0.05, 0) is 42.3 Å². The second kappa shape index (κ2) is 7.15. The van der Waals surface area contributed by atoms with Crippen molar-refractivity contribution >= 4 is 22.4 Å². The van der Waals surface area contributed by atoms with Crippen molar-refractivity contribution in [2.45, 2.75) is 18.4 Å². The van der Waals surface area contributed by atoms with Gasteiger partial charge in [0.25, 0.3) is 0 Å². The van der Waals surface area contributed by atoms with Gasteiger partial charge in [0.15, 0.2) is 0 Å². The van der Waals surface area contributed by atoms with Crippen molar-refractivity contribution in [1.82, 2.24) is 0 Å². The first-order valence-electron chi connectivity index (χ1n) is 6.62. The normalized spacial score (nSPS) is 11.9. The van der Waals surface area contributed by atoms with Crippen LogP contribution < -0.4 is 11.1 Å². The minimum Gasteiger partial charge on any atom is -0.326 e. The molecule has 1 atom stereocenters. The first-order valence-corrected chi connectivity index (χ1v) is 7.94. The van der Waals surface area contributed by atoms with Crippen LogP contribution in [0.2, 0.25) is 0 Å². The molecule has 0 radical (unpaired) electrons. The molecule has 3 N–H and O–H groups in total. The Bertz CT molecular complexity index is 671. The maximum absolute atomic E-state index is 12.2. The smallest absolute Gasteiger partial charge is 0.237 e. The number of carbonyl (C=O) groups is 1. The maximum Gasteiger partial charge on any atom is 0.237 e. The molecule has 2 aromatic carbocycles. The van der Waals surface area contributed by atoms with Crippen molar-refractivity contribution in [3.05, 3.63) is 59.7 Å². The predicted octanol–water partition coefficient (Wildman–Crippen LogP) is 2.20. The lowest BCUT2D eigenvalue weighted by molar-refractivity contribution is -0.113. The van der Waals surface area contributed by atoms with Crippen LogP contribution in [0.1, 0.15) is 11.1 Å². The third-order valence-corrected chi connectivity index (χ3v) is 4.27. The summed E-state index contributed by atoms with van der Waals surface area (Å²) in [4.78, 5) is 12.6. The van der Waals surface area contributed by atoms with Crippen LogP contribution in [-0.2, 0) is 22.1 Å². The van der Waals surface area contributed by atoms with Crippen LogP contribution in [0, 0.1) is 6.92 Å². The number of hydrogen-bond donors (Lipinski definition) is 2. The van der Waals surface area contributed by atoms with Gasteiger partial charge in [-0.25, -0.2) is 0 Å². The van der Waals surface area contributed by atoms with Crippen molar-refractivity contribution in [3.63, 3.8) is 0 Å². The molecule has 0 aliphatic carbocycles. The van der Waals surface area contributed by atoms with Gasteiger partial charge in [0, 0.05) is 17.1 Å². The highest BCUT2D eigenvalue weighted by Gasteiger charge is 2.10. The van der Waals surface area contributed by atoms with E-state index in [1.54, 1.807) is 12.1 Å². The minimum absolute atomic E-state index is 0.0592. The Hall–Kier alpha value is -1.98. The molecule has 21 heavy (non-hydrogen) atoms. The van der Waals surface area contributed by atoms with Gasteiger partial charge in [-0.3, -0.25) is 9.00 Å². The number of anilines is 1. The Kier molecular flexibility index (Phi) is 5.25. The average Bonchev–Trinajstić information content (AvgIpc) is 2.47. The Balaban J connectivity index is 1.99. The minimum atomic E-state index is -1.34. The van der Waals surface area contributed by atoms with Crippen LogP contribution in [-0.4, -0.2) is 15.9 Å². The lowest BCUT2D eigenvalue weighted by Gasteiger charge is -2.07. The van der Waals surface area contributed by atoms with Crippen molar-refractivity contribution in [1.29, 1.82) is 0 Å². The molecular weight excluding hydrogens is 284 g/mol. The zero-order chi connectivity index (χ0) is 15.2. The molecule has 2 rings (SSSR count). The molecule has 0 aromatic heterocycles. The van der Waals surface area contributed by atoms with Crippen LogP contribution in [0.25, 0.3) is 0 Å². The lowest BCUT2D eigenvalue weighted by Crippen LogP contribution is -2.19. The molecule has 2 aromatic rings. The lowest BCUT2D eigenvalue weighted by atomic mass is 10.2. The van der Waals surface area contributed by atoms with E-state index in [0.29, 0.717) is 17.1 Å². The fraction of sp³-hybridized carbons (Fsp3) is 0.188. The molecule has 0 heterocycles. The molecule has 110 valence electrons. The Labute approximate surface area is 126 Å². The van der Waals surface area contributed by atoms with Gasteiger partial charge in [0.1, 0.15) is 5.75 Å². The number of aryl methyl sites for hydroxylation is 1. The van der Waals surface area contributed by atoms with Gasteiger partial charge in [-0.2, -0.15) is 0 Å². The molecule has 1 unspecified atom stereocenters. The van der Waals surface area contributed by atoms with Gasteiger partial charge in [0.05, 0.1) is 10.8 Å². The highest BCUT2D eigenvalue weighted by Crippen LogP contribution is 2.12. The zero-order valence-electron chi connectivity index (χ0n) is 11.8. The van der Waals surface area contributed by atoms with Crippen molar-refractivity contribution in [2.75, 3.05) is 11.1 Å². The standard InChI is InChI=1S/C16H18N2O2S/c1-12-4-2-7-15(8-12)21(20)11-16(19)18-14-6-3-5-13(9-14)10-17/h2-9H,10-11,17H2,1H3,(H,18,19). The highest BCUT2D eigenvalue weighted by atomic mass is 32.2. The largest absolute Gasteiger partial charge is 0.326 e. The zero-order valence-corrected chi connectivity index (χ0v) is 12.7. The van der Waals surface area contributed by atoms with Gasteiger partial charge < -0.3 is 11.1 Å². The number of amides is 1. The summed E-state index contributed by atoms with van der Waals surface area (Å²) < 4.78 is 12.2. The second-order valence-electron chi connectivity index (χ2n) is 4.76. The van der Waals surface area contributed by atoms with Gasteiger partial charge >= 0.3 is 0 Å². The summed E-state index contributed by atoms with van der Waals surface area (Å²) in [6, 6.07) is 14.7. The van der Waals surface area contributed by atoms with E-state index < -0.39 is 10.8 Å². The van der Waals surface area contributed by atoms with E-state index in [0.717, 1.165) is 11.1 Å². The number of nitrogens with one attached hydrogen (secondary N) is 1. The highest BCUT2D eigenvalue weighted by molar-refractivity contribution is 7.85. The van der Waals surface area contributed by atoms with E-state index in [2.05, 4.69) is 5.32 Å². The molecule has 0 aliphatic rings. The quantitative estimate of drug-likeness (QED) is 0.889. The predicted molar refractivity (Wildman–Crippen MR) is 85.4 cm³/mol. The SMILES string of the molecule is Cc1cccc(S(=O)CC(=O)Nc2cccc(CN)c2)c1. The Morgan fingerprint density at radius 2 is 1.95 bits per heavy atom.